The number of benzene rings is 1. The third-order valence-corrected chi connectivity index (χ3v) is 2.50. The van der Waals surface area contributed by atoms with Gasteiger partial charge >= 0.3 is 0 Å². The largest absolute Gasteiger partial charge is 0.396 e. The summed E-state index contributed by atoms with van der Waals surface area (Å²) in [4.78, 5) is 15.9. The number of carbonyl (C=O) groups is 1. The van der Waals surface area contributed by atoms with Crippen LogP contribution in [0.3, 0.4) is 0 Å². The summed E-state index contributed by atoms with van der Waals surface area (Å²) in [7, 11) is 0. The van der Waals surface area contributed by atoms with E-state index in [1.807, 2.05) is 13.0 Å². The Morgan fingerprint density at radius 1 is 1.39 bits per heavy atom. The van der Waals surface area contributed by atoms with Crippen molar-refractivity contribution in [1.82, 2.24) is 4.98 Å². The van der Waals surface area contributed by atoms with E-state index < -0.39 is 5.82 Å². The average molecular weight is 245 g/mol. The Balaban J connectivity index is 2.22. The summed E-state index contributed by atoms with van der Waals surface area (Å²) in [6.45, 7) is 1.83. The summed E-state index contributed by atoms with van der Waals surface area (Å²) in [6.07, 6.45) is 1.58. The number of carbonyl (C=O) groups excluding carboxylic acids is 1. The molecule has 0 bridgehead atoms. The number of rotatable bonds is 2. The molecule has 0 atom stereocenters. The van der Waals surface area contributed by atoms with Crippen molar-refractivity contribution in [2.45, 2.75) is 6.92 Å². The van der Waals surface area contributed by atoms with Crippen molar-refractivity contribution < 1.29 is 9.18 Å². The first-order chi connectivity index (χ1) is 8.58. The number of aryl methyl sites for hydroxylation is 1. The molecule has 18 heavy (non-hydrogen) atoms. The maximum Gasteiger partial charge on any atom is 0.256 e. The highest BCUT2D eigenvalue weighted by atomic mass is 19.1. The van der Waals surface area contributed by atoms with Gasteiger partial charge in [0, 0.05) is 11.8 Å². The summed E-state index contributed by atoms with van der Waals surface area (Å²) in [5.41, 5.74) is 6.49. The molecule has 0 fully saturated rings. The van der Waals surface area contributed by atoms with Gasteiger partial charge in [0.05, 0.1) is 5.69 Å². The first-order valence-electron chi connectivity index (χ1n) is 5.36. The van der Waals surface area contributed by atoms with Gasteiger partial charge in [0.25, 0.3) is 5.91 Å². The van der Waals surface area contributed by atoms with Crippen LogP contribution in [0.4, 0.5) is 15.9 Å². The topological polar surface area (TPSA) is 68.0 Å². The lowest BCUT2D eigenvalue weighted by atomic mass is 10.2. The van der Waals surface area contributed by atoms with Crippen LogP contribution in [-0.4, -0.2) is 10.9 Å². The Morgan fingerprint density at radius 2 is 2.17 bits per heavy atom. The molecule has 0 spiro atoms. The van der Waals surface area contributed by atoms with Gasteiger partial charge in [-0.1, -0.05) is 6.07 Å². The van der Waals surface area contributed by atoms with E-state index in [4.69, 9.17) is 5.73 Å². The van der Waals surface area contributed by atoms with Gasteiger partial charge in [0.2, 0.25) is 0 Å². The Morgan fingerprint density at radius 3 is 2.83 bits per heavy atom. The number of nitrogens with one attached hydrogen (secondary N) is 1. The van der Waals surface area contributed by atoms with Crippen molar-refractivity contribution in [3.63, 3.8) is 0 Å². The van der Waals surface area contributed by atoms with Crippen molar-refractivity contribution in [3.05, 3.63) is 53.5 Å². The SMILES string of the molecule is Cc1cccnc1NC(=O)c1ccc(F)c(N)c1. The average Bonchev–Trinajstić information content (AvgIpc) is 2.35. The van der Waals surface area contributed by atoms with E-state index in [9.17, 15) is 9.18 Å². The molecule has 1 heterocycles. The van der Waals surface area contributed by atoms with Crippen molar-refractivity contribution in [2.24, 2.45) is 0 Å². The molecule has 3 N–H and O–H groups in total. The smallest absolute Gasteiger partial charge is 0.256 e. The van der Waals surface area contributed by atoms with Crippen LogP contribution in [0, 0.1) is 12.7 Å². The molecule has 1 aromatic carbocycles. The molecule has 0 aliphatic rings. The monoisotopic (exact) mass is 245 g/mol. The van der Waals surface area contributed by atoms with E-state index in [0.29, 0.717) is 11.4 Å². The second kappa shape index (κ2) is 4.83. The Labute approximate surface area is 104 Å². The van der Waals surface area contributed by atoms with Crippen LogP contribution in [-0.2, 0) is 0 Å². The zero-order valence-electron chi connectivity index (χ0n) is 9.77. The Bertz CT molecular complexity index is 599. The molecule has 0 saturated heterocycles. The highest BCUT2D eigenvalue weighted by Crippen LogP contribution is 2.15. The molecular formula is C13H12FN3O. The Kier molecular flexibility index (Phi) is 3.23. The molecule has 0 radical (unpaired) electrons. The van der Waals surface area contributed by atoms with E-state index in [1.54, 1.807) is 12.3 Å². The molecule has 1 aromatic heterocycles. The molecule has 4 nitrogen and oxygen atoms in total. The van der Waals surface area contributed by atoms with E-state index in [1.165, 1.54) is 12.1 Å². The van der Waals surface area contributed by atoms with Gasteiger partial charge in [-0.2, -0.15) is 0 Å². The number of amides is 1. The van der Waals surface area contributed by atoms with Crippen LogP contribution < -0.4 is 11.1 Å². The fourth-order valence-corrected chi connectivity index (χ4v) is 1.48. The van der Waals surface area contributed by atoms with Gasteiger partial charge in [-0.3, -0.25) is 4.79 Å². The number of halogens is 1. The minimum absolute atomic E-state index is 0.0552. The maximum atomic E-state index is 13.0. The van der Waals surface area contributed by atoms with E-state index in [2.05, 4.69) is 10.3 Å². The molecule has 2 aromatic rings. The molecule has 0 saturated carbocycles. The van der Waals surface area contributed by atoms with Gasteiger partial charge in [-0.25, -0.2) is 9.37 Å². The van der Waals surface area contributed by atoms with Crippen LogP contribution in [0.2, 0.25) is 0 Å². The lowest BCUT2D eigenvalue weighted by Gasteiger charge is -2.07. The summed E-state index contributed by atoms with van der Waals surface area (Å²) in [5.74, 6) is -0.436. The van der Waals surface area contributed by atoms with Gasteiger partial charge < -0.3 is 11.1 Å². The summed E-state index contributed by atoms with van der Waals surface area (Å²) in [5, 5.41) is 2.65. The molecule has 1 amide bonds. The molecule has 92 valence electrons. The summed E-state index contributed by atoms with van der Waals surface area (Å²) < 4.78 is 13.0. The minimum Gasteiger partial charge on any atom is -0.396 e. The number of hydrogen-bond acceptors (Lipinski definition) is 3. The fourth-order valence-electron chi connectivity index (χ4n) is 1.48. The number of nitrogens with zero attached hydrogens (tertiary/aromatic N) is 1. The van der Waals surface area contributed by atoms with Crippen molar-refractivity contribution in [2.75, 3.05) is 11.1 Å². The van der Waals surface area contributed by atoms with Gasteiger partial charge in [-0.15, -0.1) is 0 Å². The number of nitrogen functional groups attached to an aromatic ring is 1. The third kappa shape index (κ3) is 2.45. The van der Waals surface area contributed by atoms with Crippen LogP contribution >= 0.6 is 0 Å². The number of pyridine rings is 1. The van der Waals surface area contributed by atoms with Crippen molar-refractivity contribution in [1.29, 1.82) is 0 Å². The zero-order valence-corrected chi connectivity index (χ0v) is 9.77. The molecule has 0 aliphatic heterocycles. The lowest BCUT2D eigenvalue weighted by molar-refractivity contribution is 0.102. The predicted octanol–water partition coefficient (Wildman–Crippen LogP) is 2.36. The van der Waals surface area contributed by atoms with Crippen LogP contribution in [0.1, 0.15) is 15.9 Å². The molecule has 0 unspecified atom stereocenters. The molecular weight excluding hydrogens is 233 g/mol. The van der Waals surface area contributed by atoms with Crippen LogP contribution in [0.15, 0.2) is 36.5 Å². The highest BCUT2D eigenvalue weighted by Gasteiger charge is 2.10. The van der Waals surface area contributed by atoms with E-state index in [0.717, 1.165) is 11.6 Å². The van der Waals surface area contributed by atoms with Crippen LogP contribution in [0.25, 0.3) is 0 Å². The molecule has 2 rings (SSSR count). The second-order valence-electron chi connectivity index (χ2n) is 3.86. The number of nitrogens with two attached hydrogens (primary N) is 1. The summed E-state index contributed by atoms with van der Waals surface area (Å²) >= 11 is 0. The van der Waals surface area contributed by atoms with Crippen LogP contribution in [0.5, 0.6) is 0 Å². The third-order valence-electron chi connectivity index (χ3n) is 2.50. The highest BCUT2D eigenvalue weighted by molar-refractivity contribution is 6.04. The Hall–Kier alpha value is -2.43. The predicted molar refractivity (Wildman–Crippen MR) is 67.7 cm³/mol. The number of anilines is 2. The standard InChI is InChI=1S/C13H12FN3O/c1-8-3-2-6-16-12(8)17-13(18)9-4-5-10(14)11(15)7-9/h2-7H,15H2,1H3,(H,16,17,18). The normalized spacial score (nSPS) is 10.1. The second-order valence-corrected chi connectivity index (χ2v) is 3.86. The van der Waals surface area contributed by atoms with Crippen molar-refractivity contribution >= 4 is 17.4 Å². The zero-order chi connectivity index (χ0) is 13.1. The van der Waals surface area contributed by atoms with E-state index >= 15 is 0 Å². The maximum absolute atomic E-state index is 13.0. The summed E-state index contributed by atoms with van der Waals surface area (Å²) in [6, 6.07) is 7.44. The minimum atomic E-state index is -0.541. The number of hydrogen-bond donors (Lipinski definition) is 2. The van der Waals surface area contributed by atoms with Gasteiger partial charge in [0.15, 0.2) is 0 Å². The number of aromatic nitrogens is 1. The fraction of sp³-hybridized carbons (Fsp3) is 0.0769. The van der Waals surface area contributed by atoms with Crippen molar-refractivity contribution in [3.8, 4) is 0 Å². The first-order valence-corrected chi connectivity index (χ1v) is 5.36. The lowest BCUT2D eigenvalue weighted by Crippen LogP contribution is -2.14. The van der Waals surface area contributed by atoms with E-state index in [-0.39, 0.29) is 11.6 Å². The quantitative estimate of drug-likeness (QED) is 0.798. The molecule has 0 aliphatic carbocycles. The first kappa shape index (κ1) is 12.0. The van der Waals surface area contributed by atoms with Gasteiger partial charge in [-0.05, 0) is 36.8 Å². The molecule has 5 heteroatoms. The van der Waals surface area contributed by atoms with Gasteiger partial charge in [0.1, 0.15) is 11.6 Å².